The Labute approximate surface area is 234 Å². The van der Waals surface area contributed by atoms with E-state index in [-0.39, 0.29) is 17.7 Å². The molecule has 0 aliphatic carbocycles. The van der Waals surface area contributed by atoms with Crippen molar-refractivity contribution in [2.24, 2.45) is 5.92 Å². The zero-order valence-corrected chi connectivity index (χ0v) is 25.2. The second-order valence-electron chi connectivity index (χ2n) is 11.7. The molecule has 0 radical (unpaired) electrons. The molecule has 3 amide bonds. The van der Waals surface area contributed by atoms with Gasteiger partial charge in [-0.15, -0.1) is 0 Å². The summed E-state index contributed by atoms with van der Waals surface area (Å²) >= 11 is 0. The van der Waals surface area contributed by atoms with Crippen LogP contribution in [0.1, 0.15) is 89.1 Å². The summed E-state index contributed by atoms with van der Waals surface area (Å²) in [5.41, 5.74) is 3.58. The second-order valence-corrected chi connectivity index (χ2v) is 11.7. The molecule has 214 valence electrons. The molecule has 0 heterocycles. The Bertz CT molecular complexity index is 1120. The van der Waals surface area contributed by atoms with Gasteiger partial charge in [-0.1, -0.05) is 63.6 Å². The third kappa shape index (κ3) is 9.41. The molecule has 2 atom stereocenters. The van der Waals surface area contributed by atoms with Crippen molar-refractivity contribution in [2.45, 2.75) is 99.3 Å². The van der Waals surface area contributed by atoms with E-state index in [9.17, 15) is 14.4 Å². The molecule has 2 aromatic rings. The van der Waals surface area contributed by atoms with E-state index in [0.29, 0.717) is 25.1 Å². The first-order valence-electron chi connectivity index (χ1n) is 14.0. The number of benzene rings is 2. The first kappa shape index (κ1) is 31.9. The molecule has 0 saturated heterocycles. The van der Waals surface area contributed by atoms with Crippen LogP contribution in [-0.4, -0.2) is 41.0 Å². The number of para-hydroxylation sites is 1. The predicted octanol–water partition coefficient (Wildman–Crippen LogP) is 6.86. The number of anilines is 1. The molecular formula is C32H47N3O4. The van der Waals surface area contributed by atoms with Crippen LogP contribution in [0.15, 0.2) is 42.5 Å². The Morgan fingerprint density at radius 3 is 2.05 bits per heavy atom. The van der Waals surface area contributed by atoms with Gasteiger partial charge in [0.2, 0.25) is 5.91 Å². The summed E-state index contributed by atoms with van der Waals surface area (Å²) in [7, 11) is 0. The normalized spacial score (nSPS) is 13.0. The maximum atomic E-state index is 14.3. The average Bonchev–Trinajstić information content (AvgIpc) is 2.82. The van der Waals surface area contributed by atoms with Gasteiger partial charge in [-0.3, -0.25) is 9.59 Å². The van der Waals surface area contributed by atoms with E-state index in [2.05, 4.69) is 17.6 Å². The zero-order valence-electron chi connectivity index (χ0n) is 25.2. The number of ether oxygens (including phenoxy) is 1. The van der Waals surface area contributed by atoms with Crippen molar-refractivity contribution in [3.63, 3.8) is 0 Å². The predicted molar refractivity (Wildman–Crippen MR) is 158 cm³/mol. The van der Waals surface area contributed by atoms with Gasteiger partial charge >= 0.3 is 6.09 Å². The van der Waals surface area contributed by atoms with Gasteiger partial charge in [0.1, 0.15) is 17.7 Å². The topological polar surface area (TPSA) is 87.7 Å². The molecule has 0 bridgehead atoms. The van der Waals surface area contributed by atoms with Crippen molar-refractivity contribution in [3.05, 3.63) is 64.7 Å². The Hall–Kier alpha value is -3.35. The van der Waals surface area contributed by atoms with E-state index in [1.165, 1.54) is 0 Å². The van der Waals surface area contributed by atoms with Crippen molar-refractivity contribution in [2.75, 3.05) is 11.9 Å². The van der Waals surface area contributed by atoms with Crippen molar-refractivity contribution < 1.29 is 19.1 Å². The number of carbonyl (C=O) groups excluding carboxylic acids is 3. The van der Waals surface area contributed by atoms with Crippen LogP contribution < -0.4 is 10.6 Å². The minimum Gasteiger partial charge on any atom is -0.444 e. The highest BCUT2D eigenvalue weighted by Gasteiger charge is 2.37. The molecular weight excluding hydrogens is 490 g/mol. The zero-order chi connectivity index (χ0) is 29.3. The van der Waals surface area contributed by atoms with Crippen LogP contribution in [0.2, 0.25) is 0 Å². The first-order valence-corrected chi connectivity index (χ1v) is 14.0. The summed E-state index contributed by atoms with van der Waals surface area (Å²) < 4.78 is 5.48. The van der Waals surface area contributed by atoms with Crippen molar-refractivity contribution in [1.82, 2.24) is 10.2 Å². The summed E-state index contributed by atoms with van der Waals surface area (Å²) in [6.07, 6.45) is 1.33. The van der Waals surface area contributed by atoms with Crippen LogP contribution in [0, 0.1) is 26.7 Å². The molecule has 0 aromatic heterocycles. The monoisotopic (exact) mass is 537 g/mol. The largest absolute Gasteiger partial charge is 0.444 e. The standard InChI is InChI=1S/C32H47N3O4/c1-10-11-19-35(30(37)26(20-21(2)3)34-31(38)39-32(7,8)9)28(27-23(5)16-14-17-24(27)6)29(36)33-25-18-13-12-15-22(25)4/h12-18,21,26,28H,10-11,19-20H2,1-9H3,(H,33,36)(H,34,38). The fraction of sp³-hybridized carbons (Fsp3) is 0.531. The molecule has 0 aliphatic heterocycles. The van der Waals surface area contributed by atoms with E-state index in [1.807, 2.05) is 77.1 Å². The smallest absolute Gasteiger partial charge is 0.408 e. The summed E-state index contributed by atoms with van der Waals surface area (Å²) in [5.74, 6) is -0.455. The minimum absolute atomic E-state index is 0.126. The molecule has 2 N–H and O–H groups in total. The van der Waals surface area contributed by atoms with Gasteiger partial charge in [0.15, 0.2) is 0 Å². The van der Waals surface area contributed by atoms with Gasteiger partial charge in [-0.05, 0) is 88.6 Å². The number of carbonyl (C=O) groups is 3. The van der Waals surface area contributed by atoms with Crippen LogP contribution >= 0.6 is 0 Å². The Morgan fingerprint density at radius 1 is 0.923 bits per heavy atom. The molecule has 2 aromatic carbocycles. The molecule has 7 heteroatoms. The molecule has 39 heavy (non-hydrogen) atoms. The fourth-order valence-corrected chi connectivity index (χ4v) is 4.64. The third-order valence-electron chi connectivity index (χ3n) is 6.51. The lowest BCUT2D eigenvalue weighted by atomic mass is 9.92. The van der Waals surface area contributed by atoms with Crippen LogP contribution in [0.3, 0.4) is 0 Å². The molecule has 0 saturated carbocycles. The first-order chi connectivity index (χ1) is 18.2. The van der Waals surface area contributed by atoms with Crippen LogP contribution in [-0.2, 0) is 14.3 Å². The van der Waals surface area contributed by atoms with Gasteiger partial charge in [-0.25, -0.2) is 4.79 Å². The highest BCUT2D eigenvalue weighted by atomic mass is 16.6. The fourth-order valence-electron chi connectivity index (χ4n) is 4.64. The van der Waals surface area contributed by atoms with E-state index >= 15 is 0 Å². The van der Waals surface area contributed by atoms with E-state index in [0.717, 1.165) is 28.7 Å². The molecule has 2 rings (SSSR count). The highest BCUT2D eigenvalue weighted by Crippen LogP contribution is 2.31. The van der Waals surface area contributed by atoms with Gasteiger partial charge in [0.05, 0.1) is 0 Å². The number of alkyl carbamates (subject to hydrolysis) is 1. The van der Waals surface area contributed by atoms with Crippen LogP contribution in [0.4, 0.5) is 10.5 Å². The molecule has 2 unspecified atom stereocenters. The lowest BCUT2D eigenvalue weighted by molar-refractivity contribution is -0.141. The van der Waals surface area contributed by atoms with E-state index < -0.39 is 23.8 Å². The Balaban J connectivity index is 2.61. The lowest BCUT2D eigenvalue weighted by Crippen LogP contribution is -2.53. The van der Waals surface area contributed by atoms with Crippen molar-refractivity contribution >= 4 is 23.6 Å². The summed E-state index contributed by atoms with van der Waals surface area (Å²) in [5, 5.41) is 5.89. The average molecular weight is 538 g/mol. The van der Waals surface area contributed by atoms with E-state index in [4.69, 9.17) is 4.74 Å². The maximum absolute atomic E-state index is 14.3. The Kier molecular flexibility index (Phi) is 11.6. The highest BCUT2D eigenvalue weighted by molar-refractivity contribution is 5.99. The van der Waals surface area contributed by atoms with Crippen LogP contribution in [0.5, 0.6) is 0 Å². The molecule has 0 fully saturated rings. The summed E-state index contributed by atoms with van der Waals surface area (Å²) in [6.45, 7) is 17.6. The molecule has 7 nitrogen and oxygen atoms in total. The summed E-state index contributed by atoms with van der Waals surface area (Å²) in [6, 6.07) is 11.8. The van der Waals surface area contributed by atoms with Gasteiger partial charge in [0, 0.05) is 12.2 Å². The number of hydrogen-bond acceptors (Lipinski definition) is 4. The number of nitrogens with zero attached hydrogens (tertiary/aromatic N) is 1. The lowest BCUT2D eigenvalue weighted by Gasteiger charge is -2.36. The van der Waals surface area contributed by atoms with Gasteiger partial charge in [-0.2, -0.15) is 0 Å². The number of aryl methyl sites for hydroxylation is 3. The number of unbranched alkanes of at least 4 members (excludes halogenated alkanes) is 1. The number of rotatable bonds is 11. The minimum atomic E-state index is -0.875. The number of amides is 3. The molecule has 0 spiro atoms. The quantitative estimate of drug-likeness (QED) is 0.328. The maximum Gasteiger partial charge on any atom is 0.408 e. The van der Waals surface area contributed by atoms with E-state index in [1.54, 1.807) is 25.7 Å². The van der Waals surface area contributed by atoms with Gasteiger partial charge in [0.25, 0.3) is 5.91 Å². The van der Waals surface area contributed by atoms with Gasteiger partial charge < -0.3 is 20.3 Å². The van der Waals surface area contributed by atoms with Crippen LogP contribution in [0.25, 0.3) is 0 Å². The second kappa shape index (κ2) is 14.2. The van der Waals surface area contributed by atoms with Crippen molar-refractivity contribution in [3.8, 4) is 0 Å². The third-order valence-corrected chi connectivity index (χ3v) is 6.51. The van der Waals surface area contributed by atoms with Crippen molar-refractivity contribution in [1.29, 1.82) is 0 Å². The molecule has 0 aliphatic rings. The number of nitrogens with one attached hydrogen (secondary N) is 2. The number of hydrogen-bond donors (Lipinski definition) is 2. The SMILES string of the molecule is CCCCN(C(=O)C(CC(C)C)NC(=O)OC(C)(C)C)C(C(=O)Nc1ccccc1C)c1c(C)cccc1C. The Morgan fingerprint density at radius 2 is 1.51 bits per heavy atom. The summed E-state index contributed by atoms with van der Waals surface area (Å²) in [4.78, 5) is 42.9.